The Morgan fingerprint density at radius 2 is 0.922 bits per heavy atom. The average Bonchev–Trinajstić information content (AvgIpc) is 3.41. The van der Waals surface area contributed by atoms with Crippen LogP contribution < -0.4 is 22.8 Å². The second kappa shape index (κ2) is 18.0. The Morgan fingerprint density at radius 3 is 1.45 bits per heavy atom. The lowest BCUT2D eigenvalue weighted by atomic mass is 9.83. The largest absolute Gasteiger partial charge is 0.530 e. The number of fused-ring (bicyclic) bond motifs is 5. The van der Waals surface area contributed by atoms with Gasteiger partial charge in [0, 0.05) is 21.9 Å². The molecule has 326 valence electrons. The van der Waals surface area contributed by atoms with E-state index in [1.807, 2.05) is 78.9 Å². The highest BCUT2D eigenvalue weighted by atomic mass is 31.2. The first-order valence-electron chi connectivity index (χ1n) is 21.0. The molecular weight excluding hydrogens is 839 g/mol. The molecule has 9 rings (SSSR count). The third-order valence-electron chi connectivity index (χ3n) is 11.0. The Labute approximate surface area is 376 Å². The molecule has 1 atom stereocenters. The molecule has 0 radical (unpaired) electrons. The monoisotopic (exact) mass is 890 g/mol. The van der Waals surface area contributed by atoms with E-state index in [2.05, 4.69) is 127 Å². The van der Waals surface area contributed by atoms with Crippen LogP contribution >= 0.6 is 16.8 Å². The highest BCUT2D eigenvalue weighted by Gasteiger charge is 2.26. The third-order valence-corrected chi connectivity index (χ3v) is 13.1. The minimum absolute atomic E-state index is 0. The van der Waals surface area contributed by atoms with Crippen LogP contribution in [0.25, 0.3) is 54.6 Å². The van der Waals surface area contributed by atoms with Gasteiger partial charge in [-0.05, 0) is 123 Å². The van der Waals surface area contributed by atoms with E-state index in [4.69, 9.17) is 31.2 Å². The number of aryl methyl sites for hydroxylation is 1. The minimum Gasteiger partial charge on any atom is -0.497 e. The van der Waals surface area contributed by atoms with Crippen LogP contribution in [0.2, 0.25) is 0 Å². The third kappa shape index (κ3) is 9.28. The number of benzene rings is 8. The zero-order valence-corrected chi connectivity index (χ0v) is 39.1. The first-order valence-corrected chi connectivity index (χ1v) is 23.2. The highest BCUT2D eigenvalue weighted by molar-refractivity contribution is 7.43. The Balaban J connectivity index is 0.00000560. The number of ether oxygens (including phenoxy) is 1. The maximum atomic E-state index is 6.95. The van der Waals surface area contributed by atoms with Crippen LogP contribution in [0, 0.1) is 6.92 Å². The molecule has 2 N–H and O–H groups in total. The fourth-order valence-corrected chi connectivity index (χ4v) is 9.93. The number of hydrogen-bond donors (Lipinski definition) is 0. The molecule has 10 heteroatoms. The summed E-state index contributed by atoms with van der Waals surface area (Å²) in [5, 5.41) is 6.05. The fourth-order valence-electron chi connectivity index (χ4n) is 7.86. The van der Waals surface area contributed by atoms with E-state index >= 15 is 0 Å². The summed E-state index contributed by atoms with van der Waals surface area (Å²) in [6, 6.07) is 52.6. The maximum Gasteiger partial charge on any atom is 0.530 e. The lowest BCUT2D eigenvalue weighted by Crippen LogP contribution is -2.12. The predicted molar refractivity (Wildman–Crippen MR) is 263 cm³/mol. The summed E-state index contributed by atoms with van der Waals surface area (Å²) in [6.07, 6.45) is 0. The summed E-state index contributed by atoms with van der Waals surface area (Å²) >= 11 is 0. The van der Waals surface area contributed by atoms with Crippen molar-refractivity contribution in [1.29, 1.82) is 0 Å². The van der Waals surface area contributed by atoms with Crippen molar-refractivity contribution in [3.05, 3.63) is 174 Å². The summed E-state index contributed by atoms with van der Waals surface area (Å²) in [4.78, 5) is 0. The molecule has 1 heterocycles. The SMILES string of the molecule is COc1cc(C(C)(C)C)c2op(Oc3ccc4cccc(-c5cccc6ccc(OP(Oc7ccccc7)Oc7ccccc7)cc56)c4c3)oc3c(C(C)(C)C)cc(C)cc3c2c1.O. The predicted octanol–water partition coefficient (Wildman–Crippen LogP) is 16.0. The summed E-state index contributed by atoms with van der Waals surface area (Å²) in [5.74, 6) is 3.33. The van der Waals surface area contributed by atoms with Crippen LogP contribution in [-0.4, -0.2) is 12.6 Å². The Bertz CT molecular complexity index is 3110. The van der Waals surface area contributed by atoms with Gasteiger partial charge in [-0.25, -0.2) is 0 Å². The van der Waals surface area contributed by atoms with E-state index < -0.39 is 16.8 Å². The Kier molecular flexibility index (Phi) is 12.4. The molecule has 0 amide bonds. The molecule has 8 nitrogen and oxygen atoms in total. The minimum atomic E-state index is -1.98. The zero-order valence-electron chi connectivity index (χ0n) is 37.3. The highest BCUT2D eigenvalue weighted by Crippen LogP contribution is 2.47. The van der Waals surface area contributed by atoms with Crippen LogP contribution in [0.4, 0.5) is 0 Å². The maximum absolute atomic E-state index is 6.95. The quantitative estimate of drug-likeness (QED) is 0.126. The second-order valence-corrected chi connectivity index (χ2v) is 19.7. The van der Waals surface area contributed by atoms with Gasteiger partial charge < -0.3 is 36.7 Å². The molecule has 0 saturated carbocycles. The van der Waals surface area contributed by atoms with Crippen molar-refractivity contribution in [3.63, 3.8) is 0 Å². The number of methoxy groups -OCH3 is 1. The summed E-state index contributed by atoms with van der Waals surface area (Å²) < 4.78 is 45.7. The van der Waals surface area contributed by atoms with Gasteiger partial charge in [0.05, 0.1) is 7.11 Å². The number of para-hydroxylation sites is 2. The van der Waals surface area contributed by atoms with E-state index in [0.717, 1.165) is 77.1 Å². The molecule has 0 aliphatic rings. The molecule has 0 fully saturated rings. The summed E-state index contributed by atoms with van der Waals surface area (Å²) in [7, 11) is -2.12. The lowest BCUT2D eigenvalue weighted by molar-refractivity contribution is 0.388. The molecule has 0 aliphatic heterocycles. The first kappa shape index (κ1) is 44.2. The molecule has 1 aromatic heterocycles. The van der Waals surface area contributed by atoms with E-state index in [0.29, 0.717) is 23.0 Å². The van der Waals surface area contributed by atoms with Gasteiger partial charge >= 0.3 is 16.8 Å². The van der Waals surface area contributed by atoms with Crippen LogP contribution in [0.5, 0.6) is 28.7 Å². The molecule has 0 aliphatic carbocycles. The molecule has 1 unspecified atom stereocenters. The van der Waals surface area contributed by atoms with Crippen molar-refractivity contribution >= 4 is 60.3 Å². The first-order chi connectivity index (χ1) is 30.3. The molecular formula is C54H52O8P2. The van der Waals surface area contributed by atoms with Crippen molar-refractivity contribution < 1.29 is 36.7 Å². The van der Waals surface area contributed by atoms with Crippen molar-refractivity contribution in [2.75, 3.05) is 7.11 Å². The molecule has 64 heavy (non-hydrogen) atoms. The van der Waals surface area contributed by atoms with Crippen molar-refractivity contribution in [2.45, 2.75) is 59.3 Å². The fraction of sp³-hybridized carbons (Fsp3) is 0.185. The standard InChI is InChI=1S/C54H50O7P2.H2O/c1-35-29-47-48-33-42(55-8)34-50(54(5,6)7)52(48)61-63(60-51(47)49(30-35)53(2,3)4)59-41-28-26-37-18-16-24-44(46(37)32-41)43-23-15-17-36-25-27-40(31-45(36)43)58-62(56-38-19-11-9-12-20-38)57-39-21-13-10-14-22-39;/h9-34H,1-8H3;1H2. The van der Waals surface area contributed by atoms with Crippen molar-refractivity contribution in [3.8, 4) is 39.9 Å². The van der Waals surface area contributed by atoms with Gasteiger partial charge in [-0.2, -0.15) is 0 Å². The Morgan fingerprint density at radius 1 is 0.453 bits per heavy atom. The van der Waals surface area contributed by atoms with Gasteiger partial charge in [-0.15, -0.1) is 0 Å². The van der Waals surface area contributed by atoms with E-state index in [9.17, 15) is 0 Å². The van der Waals surface area contributed by atoms with E-state index in [-0.39, 0.29) is 16.3 Å². The molecule has 0 spiro atoms. The van der Waals surface area contributed by atoms with Crippen LogP contribution in [-0.2, 0) is 10.8 Å². The van der Waals surface area contributed by atoms with Gasteiger partial charge in [-0.3, -0.25) is 0 Å². The van der Waals surface area contributed by atoms with Gasteiger partial charge in [0.1, 0.15) is 39.9 Å². The smallest absolute Gasteiger partial charge is 0.497 e. The van der Waals surface area contributed by atoms with Crippen molar-refractivity contribution in [1.82, 2.24) is 0 Å². The number of rotatable bonds is 10. The Hall–Kier alpha value is -6.43. The van der Waals surface area contributed by atoms with Gasteiger partial charge in [0.25, 0.3) is 0 Å². The van der Waals surface area contributed by atoms with Crippen molar-refractivity contribution in [2.24, 2.45) is 0 Å². The van der Waals surface area contributed by atoms with Crippen LogP contribution in [0.3, 0.4) is 0 Å². The normalized spacial score (nSPS) is 12.0. The lowest BCUT2D eigenvalue weighted by Gasteiger charge is -2.21. The molecule has 0 saturated heterocycles. The summed E-state index contributed by atoms with van der Waals surface area (Å²) in [6.45, 7) is 15.3. The average molecular weight is 891 g/mol. The van der Waals surface area contributed by atoms with Crippen LogP contribution in [0.15, 0.2) is 166 Å². The molecule has 9 aromatic rings. The van der Waals surface area contributed by atoms with Crippen LogP contribution in [0.1, 0.15) is 58.2 Å². The van der Waals surface area contributed by atoms with Gasteiger partial charge in [-0.1, -0.05) is 133 Å². The van der Waals surface area contributed by atoms with Gasteiger partial charge in [0.15, 0.2) is 0 Å². The zero-order chi connectivity index (χ0) is 43.9. The second-order valence-electron chi connectivity index (χ2n) is 17.7. The van der Waals surface area contributed by atoms with E-state index in [1.165, 1.54) is 0 Å². The number of hydrogen-bond acceptors (Lipinski definition) is 7. The molecule has 8 aromatic carbocycles. The topological polar surface area (TPSA) is 104 Å². The van der Waals surface area contributed by atoms with Gasteiger partial charge in [0.2, 0.25) is 0 Å². The summed E-state index contributed by atoms with van der Waals surface area (Å²) in [5.41, 5.74) is 6.31. The molecule has 0 bridgehead atoms. The van der Waals surface area contributed by atoms with E-state index in [1.54, 1.807) is 7.11 Å².